The molecule has 1 aromatic carbocycles. The van der Waals surface area contributed by atoms with Crippen LogP contribution in [0.25, 0.3) is 0 Å². The Morgan fingerprint density at radius 3 is 2.18 bits per heavy atom. The number of rotatable bonds is 15. The molecule has 1 heterocycles. The summed E-state index contributed by atoms with van der Waals surface area (Å²) in [5.41, 5.74) is 0.439. The average Bonchev–Trinajstić information content (AvgIpc) is 3.38. The monoisotopic (exact) mass is 699 g/mol. The number of amides is 2. The van der Waals surface area contributed by atoms with Crippen LogP contribution in [0.1, 0.15) is 94.1 Å². The minimum absolute atomic E-state index is 0.0324. The molecule has 1 saturated heterocycles. The summed E-state index contributed by atoms with van der Waals surface area (Å²) in [4.78, 5) is 27.2. The number of methoxy groups -OCH3 is 3. The first-order chi connectivity index (χ1) is 23.2. The van der Waals surface area contributed by atoms with E-state index >= 15 is 0 Å². The van der Waals surface area contributed by atoms with Gasteiger partial charge in [-0.05, 0) is 82.1 Å². The smallest absolute Gasteiger partial charge is 0.481 e. The van der Waals surface area contributed by atoms with Crippen LogP contribution in [0, 0.1) is 29.1 Å². The largest absolute Gasteiger partial charge is 0.493 e. The number of ether oxygens (including phenoxy) is 4. The van der Waals surface area contributed by atoms with E-state index in [9.17, 15) is 9.59 Å². The fourth-order valence-corrected chi connectivity index (χ4v) is 8.26. The molecule has 1 aromatic rings. The van der Waals surface area contributed by atoms with Gasteiger partial charge in [-0.2, -0.15) is 0 Å². The Morgan fingerprint density at radius 2 is 1.64 bits per heavy atom. The molecule has 12 heteroatoms. The zero-order valence-electron chi connectivity index (χ0n) is 32.7. The van der Waals surface area contributed by atoms with E-state index in [1.54, 1.807) is 32.9 Å². The number of carbonyl (C=O) groups excluding carboxylic acids is 2. The first-order valence-corrected chi connectivity index (χ1v) is 18.1. The van der Waals surface area contributed by atoms with Gasteiger partial charge < -0.3 is 44.2 Å². The summed E-state index contributed by atoms with van der Waals surface area (Å²) in [5, 5.41) is 9.60. The summed E-state index contributed by atoms with van der Waals surface area (Å²) in [6.45, 7) is 25.1. The molecular formula is C38H62BN3O8. The first kappa shape index (κ1) is 39.7. The predicted molar refractivity (Wildman–Crippen MR) is 195 cm³/mol. The van der Waals surface area contributed by atoms with Crippen molar-refractivity contribution in [3.63, 3.8) is 0 Å². The zero-order valence-corrected chi connectivity index (χ0v) is 32.7. The van der Waals surface area contributed by atoms with Gasteiger partial charge in [0.05, 0.1) is 45.0 Å². The lowest BCUT2D eigenvalue weighted by Crippen LogP contribution is -2.65. The molecule has 3 saturated carbocycles. The standard InChI is InChI=1S/C38H62BN3O8/c1-21(2)17-30(39-49-29-20-25-19-28(37(25,9)10)38(29,11)50-39)40-23(5)31(22(3)4)42-34(43)26(41-35(44)48-36(6,7)8)18-24-15-16-27(45-12)33(47-14)32(24)46-13/h15-16,21-22,25-26,28-31,40H,5,17-20H2,1-4,6-14H3,(H,41,44)(H,42,43)/t25-,26+,28-,29-,30+,31+,38+/m1/s1. The van der Waals surface area contributed by atoms with E-state index in [-0.39, 0.29) is 35.4 Å². The molecule has 50 heavy (non-hydrogen) atoms. The van der Waals surface area contributed by atoms with Crippen molar-refractivity contribution in [3.8, 4) is 17.2 Å². The van der Waals surface area contributed by atoms with Crippen LogP contribution in [0.4, 0.5) is 4.79 Å². The molecule has 7 atom stereocenters. The number of hydrogen-bond donors (Lipinski definition) is 3. The van der Waals surface area contributed by atoms with E-state index in [2.05, 4.69) is 57.1 Å². The van der Waals surface area contributed by atoms with Gasteiger partial charge in [0.15, 0.2) is 11.5 Å². The molecule has 1 aliphatic heterocycles. The fourth-order valence-electron chi connectivity index (χ4n) is 8.26. The van der Waals surface area contributed by atoms with Crippen LogP contribution in [0.3, 0.4) is 0 Å². The van der Waals surface area contributed by atoms with Crippen molar-refractivity contribution in [2.75, 3.05) is 21.3 Å². The maximum absolute atomic E-state index is 14.2. The Hall–Kier alpha value is -3.12. The maximum Gasteiger partial charge on any atom is 0.481 e. The molecule has 3 N–H and O–H groups in total. The van der Waals surface area contributed by atoms with E-state index in [0.29, 0.717) is 46.3 Å². The minimum Gasteiger partial charge on any atom is -0.493 e. The maximum atomic E-state index is 14.2. The van der Waals surface area contributed by atoms with E-state index in [1.165, 1.54) is 27.8 Å². The van der Waals surface area contributed by atoms with Crippen LogP contribution in [-0.2, 0) is 25.3 Å². The Morgan fingerprint density at radius 1 is 0.980 bits per heavy atom. The Kier molecular flexibility index (Phi) is 12.1. The molecule has 0 aromatic heterocycles. The number of alkyl carbamates (subject to hydrolysis) is 1. The normalized spacial score (nSPS) is 25.5. The Bertz CT molecular complexity index is 1390. The van der Waals surface area contributed by atoms with Crippen LogP contribution in [0.15, 0.2) is 24.4 Å². The second kappa shape index (κ2) is 15.2. The van der Waals surface area contributed by atoms with Gasteiger partial charge in [0.2, 0.25) is 11.7 Å². The number of carbonyl (C=O) groups is 2. The van der Waals surface area contributed by atoms with Crippen molar-refractivity contribution in [2.45, 2.75) is 130 Å². The number of nitrogens with one attached hydrogen (secondary N) is 3. The van der Waals surface area contributed by atoms with E-state index in [1.807, 2.05) is 13.8 Å². The highest BCUT2D eigenvalue weighted by molar-refractivity contribution is 6.47. The van der Waals surface area contributed by atoms with Crippen molar-refractivity contribution in [3.05, 3.63) is 30.0 Å². The van der Waals surface area contributed by atoms with Crippen molar-refractivity contribution in [2.24, 2.45) is 29.1 Å². The molecular weight excluding hydrogens is 637 g/mol. The van der Waals surface area contributed by atoms with Crippen molar-refractivity contribution >= 4 is 19.1 Å². The molecule has 5 rings (SSSR count). The van der Waals surface area contributed by atoms with Gasteiger partial charge in [0.25, 0.3) is 0 Å². The van der Waals surface area contributed by atoms with E-state index < -0.39 is 36.8 Å². The van der Waals surface area contributed by atoms with Gasteiger partial charge in [-0.25, -0.2) is 4.79 Å². The van der Waals surface area contributed by atoms with Crippen molar-refractivity contribution < 1.29 is 37.8 Å². The summed E-state index contributed by atoms with van der Waals surface area (Å²) in [5.74, 6) is 2.15. The third-order valence-corrected chi connectivity index (χ3v) is 11.0. The third-order valence-electron chi connectivity index (χ3n) is 11.0. The molecule has 3 aliphatic carbocycles. The van der Waals surface area contributed by atoms with Gasteiger partial charge >= 0.3 is 13.2 Å². The lowest BCUT2D eigenvalue weighted by Gasteiger charge is -2.64. The Balaban J connectivity index is 1.55. The highest BCUT2D eigenvalue weighted by Crippen LogP contribution is 2.65. The molecule has 0 radical (unpaired) electrons. The Labute approximate surface area is 300 Å². The van der Waals surface area contributed by atoms with Crippen molar-refractivity contribution in [1.29, 1.82) is 0 Å². The second-order valence-corrected chi connectivity index (χ2v) is 16.9. The van der Waals surface area contributed by atoms with Gasteiger partial charge in [-0.3, -0.25) is 4.79 Å². The van der Waals surface area contributed by atoms with Gasteiger partial charge in [0.1, 0.15) is 11.6 Å². The highest BCUT2D eigenvalue weighted by atomic mass is 16.7. The summed E-state index contributed by atoms with van der Waals surface area (Å²) >= 11 is 0. The lowest BCUT2D eigenvalue weighted by molar-refractivity contribution is -0.199. The molecule has 2 bridgehead atoms. The van der Waals surface area contributed by atoms with E-state index in [4.69, 9.17) is 28.3 Å². The van der Waals surface area contributed by atoms with Crippen LogP contribution in [-0.4, -0.2) is 75.8 Å². The molecule has 0 spiro atoms. The topological polar surface area (TPSA) is 126 Å². The summed E-state index contributed by atoms with van der Waals surface area (Å²) in [6.07, 6.45) is 2.43. The first-order valence-electron chi connectivity index (χ1n) is 18.1. The van der Waals surface area contributed by atoms with Crippen LogP contribution < -0.4 is 30.2 Å². The van der Waals surface area contributed by atoms with Gasteiger partial charge in [-0.15, -0.1) is 0 Å². The van der Waals surface area contributed by atoms with Crippen LogP contribution >= 0.6 is 0 Å². The molecule has 11 nitrogen and oxygen atoms in total. The summed E-state index contributed by atoms with van der Waals surface area (Å²) < 4.78 is 35.8. The lowest BCUT2D eigenvalue weighted by atomic mass is 9.43. The fraction of sp³-hybridized carbons (Fsp3) is 0.737. The molecule has 280 valence electrons. The SMILES string of the molecule is C=C(N[C@@H](CC(C)C)B1O[C@@H]2C[C@H]3C[C@H](C3(C)C)[C@]2(C)O1)[C@@H](NC(=O)[C@H](Cc1ccc(OC)c(OC)c1OC)NC(=O)OC(C)(C)C)C(C)C. The summed E-state index contributed by atoms with van der Waals surface area (Å²) in [6, 6.07) is 2.04. The number of benzene rings is 1. The van der Waals surface area contributed by atoms with Gasteiger partial charge in [0, 0.05) is 17.7 Å². The third kappa shape index (κ3) is 8.33. The molecule has 4 fully saturated rings. The van der Waals surface area contributed by atoms with Crippen LogP contribution in [0.2, 0.25) is 0 Å². The molecule has 4 aliphatic rings. The molecule has 2 amide bonds. The van der Waals surface area contributed by atoms with E-state index in [0.717, 1.165) is 12.8 Å². The summed E-state index contributed by atoms with van der Waals surface area (Å²) in [7, 11) is 4.14. The molecule has 0 unspecified atom stereocenters. The minimum atomic E-state index is -1.02. The highest BCUT2D eigenvalue weighted by Gasteiger charge is 2.68. The second-order valence-electron chi connectivity index (χ2n) is 16.9. The van der Waals surface area contributed by atoms with Crippen LogP contribution in [0.5, 0.6) is 17.2 Å². The average molecular weight is 700 g/mol. The van der Waals surface area contributed by atoms with Crippen molar-refractivity contribution in [1.82, 2.24) is 16.0 Å². The quantitative estimate of drug-likeness (QED) is 0.187. The van der Waals surface area contributed by atoms with Gasteiger partial charge in [-0.1, -0.05) is 54.2 Å². The zero-order chi connectivity index (χ0) is 37.3. The number of hydrogen-bond acceptors (Lipinski definition) is 9. The predicted octanol–water partition coefficient (Wildman–Crippen LogP) is 6.07.